The predicted octanol–water partition coefficient (Wildman–Crippen LogP) is 2.71. The molecule has 0 heterocycles. The second-order valence-electron chi connectivity index (χ2n) is 3.13. The van der Waals surface area contributed by atoms with Gasteiger partial charge in [0, 0.05) is 6.07 Å². The van der Waals surface area contributed by atoms with Gasteiger partial charge >= 0.3 is 0 Å². The Morgan fingerprint density at radius 1 is 1.20 bits per heavy atom. The van der Waals surface area contributed by atoms with E-state index >= 15 is 0 Å². The van der Waals surface area contributed by atoms with E-state index < -0.39 is 0 Å². The van der Waals surface area contributed by atoms with Crippen molar-refractivity contribution in [1.29, 1.82) is 0 Å². The van der Waals surface area contributed by atoms with Crippen molar-refractivity contribution in [3.05, 3.63) is 23.5 Å². The summed E-state index contributed by atoms with van der Waals surface area (Å²) in [5, 5.41) is 0. The number of benzene rings is 1. The van der Waals surface area contributed by atoms with E-state index in [1.54, 1.807) is 6.07 Å². The Morgan fingerprint density at radius 2 is 1.80 bits per heavy atom. The van der Waals surface area contributed by atoms with Crippen molar-refractivity contribution in [1.82, 2.24) is 0 Å². The molecular formula is C11H15FO2S. The highest BCUT2D eigenvalue weighted by molar-refractivity contribution is 7.80. The molecule has 0 spiro atoms. The Morgan fingerprint density at radius 3 is 2.33 bits per heavy atom. The van der Waals surface area contributed by atoms with Crippen LogP contribution in [-0.4, -0.2) is 20.0 Å². The van der Waals surface area contributed by atoms with Crippen LogP contribution in [0.2, 0.25) is 0 Å². The molecule has 15 heavy (non-hydrogen) atoms. The lowest BCUT2D eigenvalue weighted by molar-refractivity contribution is 0.351. The summed E-state index contributed by atoms with van der Waals surface area (Å²) < 4.78 is 23.6. The maximum Gasteiger partial charge on any atom is 0.163 e. The molecule has 0 aliphatic rings. The summed E-state index contributed by atoms with van der Waals surface area (Å²) in [7, 11) is 3.03. The summed E-state index contributed by atoms with van der Waals surface area (Å²) in [6.45, 7) is 0. The zero-order valence-corrected chi connectivity index (χ0v) is 9.81. The summed E-state index contributed by atoms with van der Waals surface area (Å²) in [5.41, 5.74) is 0.640. The Labute approximate surface area is 94.8 Å². The highest BCUT2D eigenvalue weighted by atomic mass is 32.1. The Hall–Kier alpha value is -0.900. The molecule has 0 saturated heterocycles. The predicted molar refractivity (Wildman–Crippen MR) is 61.7 cm³/mol. The summed E-state index contributed by atoms with van der Waals surface area (Å²) in [5.74, 6) is 1.47. The van der Waals surface area contributed by atoms with Gasteiger partial charge in [-0.1, -0.05) is 0 Å². The zero-order valence-electron chi connectivity index (χ0n) is 8.92. The minimum atomic E-state index is -0.255. The number of aryl methyl sites for hydroxylation is 1. The first-order chi connectivity index (χ1) is 7.22. The lowest BCUT2D eigenvalue weighted by Gasteiger charge is -2.10. The highest BCUT2D eigenvalue weighted by Gasteiger charge is 2.10. The van der Waals surface area contributed by atoms with Crippen LogP contribution in [0.15, 0.2) is 12.1 Å². The molecule has 0 N–H and O–H groups in total. The fourth-order valence-electron chi connectivity index (χ4n) is 1.36. The van der Waals surface area contributed by atoms with Gasteiger partial charge in [-0.2, -0.15) is 12.6 Å². The third-order valence-corrected chi connectivity index (χ3v) is 2.47. The van der Waals surface area contributed by atoms with Crippen molar-refractivity contribution in [2.45, 2.75) is 12.8 Å². The van der Waals surface area contributed by atoms with Crippen LogP contribution in [0.4, 0.5) is 4.39 Å². The molecule has 1 rings (SSSR count). The third kappa shape index (κ3) is 3.02. The number of hydrogen-bond acceptors (Lipinski definition) is 3. The zero-order chi connectivity index (χ0) is 11.3. The van der Waals surface area contributed by atoms with E-state index in [1.165, 1.54) is 20.3 Å². The Balaban J connectivity index is 2.97. The number of rotatable bonds is 5. The molecule has 84 valence electrons. The van der Waals surface area contributed by atoms with E-state index in [0.717, 1.165) is 12.2 Å². The molecule has 1 aromatic rings. The van der Waals surface area contributed by atoms with Crippen LogP contribution in [-0.2, 0) is 6.42 Å². The van der Waals surface area contributed by atoms with Crippen molar-refractivity contribution >= 4 is 12.6 Å². The van der Waals surface area contributed by atoms with E-state index in [1.807, 2.05) is 0 Å². The van der Waals surface area contributed by atoms with Gasteiger partial charge in [0.2, 0.25) is 0 Å². The number of ether oxygens (including phenoxy) is 2. The van der Waals surface area contributed by atoms with Crippen molar-refractivity contribution in [2.75, 3.05) is 20.0 Å². The van der Waals surface area contributed by atoms with Gasteiger partial charge in [-0.15, -0.1) is 0 Å². The fourth-order valence-corrected chi connectivity index (χ4v) is 1.52. The van der Waals surface area contributed by atoms with E-state index in [9.17, 15) is 4.39 Å². The van der Waals surface area contributed by atoms with E-state index in [4.69, 9.17) is 9.47 Å². The van der Waals surface area contributed by atoms with Crippen molar-refractivity contribution in [2.24, 2.45) is 0 Å². The molecule has 0 aliphatic heterocycles. The normalized spacial score (nSPS) is 10.1. The number of thiol groups is 1. The summed E-state index contributed by atoms with van der Waals surface area (Å²) in [6, 6.07) is 3.03. The molecule has 0 amide bonds. The van der Waals surface area contributed by atoms with Crippen LogP contribution in [0.3, 0.4) is 0 Å². The minimum absolute atomic E-state index is 0.255. The van der Waals surface area contributed by atoms with Crippen LogP contribution >= 0.6 is 12.6 Å². The average molecular weight is 230 g/mol. The molecule has 1 aromatic carbocycles. The fraction of sp³-hybridized carbons (Fsp3) is 0.455. The maximum atomic E-state index is 13.5. The molecular weight excluding hydrogens is 215 g/mol. The molecule has 0 bridgehead atoms. The second kappa shape index (κ2) is 5.85. The van der Waals surface area contributed by atoms with Gasteiger partial charge in [0.1, 0.15) is 5.82 Å². The monoisotopic (exact) mass is 230 g/mol. The Bertz CT molecular complexity index is 329. The lowest BCUT2D eigenvalue weighted by atomic mass is 10.1. The van der Waals surface area contributed by atoms with Gasteiger partial charge in [-0.25, -0.2) is 4.39 Å². The molecule has 0 aromatic heterocycles. The summed E-state index contributed by atoms with van der Waals surface area (Å²) >= 11 is 4.09. The van der Waals surface area contributed by atoms with Gasteiger partial charge in [-0.05, 0) is 30.2 Å². The first-order valence-corrected chi connectivity index (χ1v) is 5.37. The highest BCUT2D eigenvalue weighted by Crippen LogP contribution is 2.30. The third-order valence-electron chi connectivity index (χ3n) is 2.16. The molecule has 0 atom stereocenters. The molecule has 0 aliphatic carbocycles. The minimum Gasteiger partial charge on any atom is -0.493 e. The van der Waals surface area contributed by atoms with Crippen LogP contribution in [0.5, 0.6) is 11.5 Å². The lowest BCUT2D eigenvalue weighted by Crippen LogP contribution is -1.97. The molecule has 0 fully saturated rings. The van der Waals surface area contributed by atoms with Crippen LogP contribution < -0.4 is 9.47 Å². The topological polar surface area (TPSA) is 18.5 Å². The van der Waals surface area contributed by atoms with Gasteiger partial charge in [-0.3, -0.25) is 0 Å². The average Bonchev–Trinajstić information content (AvgIpc) is 2.27. The van der Waals surface area contributed by atoms with Crippen molar-refractivity contribution < 1.29 is 13.9 Å². The first kappa shape index (κ1) is 12.2. The van der Waals surface area contributed by atoms with Gasteiger partial charge in [0.15, 0.2) is 11.5 Å². The molecule has 2 nitrogen and oxygen atoms in total. The molecule has 4 heteroatoms. The van der Waals surface area contributed by atoms with Gasteiger partial charge in [0.05, 0.1) is 14.2 Å². The number of hydrogen-bond donors (Lipinski definition) is 1. The maximum absolute atomic E-state index is 13.5. The standard InChI is InChI=1S/C11H15FO2S/c1-13-10-6-8(4-3-5-15)9(12)7-11(10)14-2/h6-7,15H,3-5H2,1-2H3. The molecule has 0 radical (unpaired) electrons. The first-order valence-electron chi connectivity index (χ1n) is 4.74. The van der Waals surface area contributed by atoms with E-state index in [-0.39, 0.29) is 5.82 Å². The largest absolute Gasteiger partial charge is 0.493 e. The second-order valence-corrected chi connectivity index (χ2v) is 3.57. The molecule has 0 unspecified atom stereocenters. The van der Waals surface area contributed by atoms with Gasteiger partial charge < -0.3 is 9.47 Å². The quantitative estimate of drug-likeness (QED) is 0.784. The number of methoxy groups -OCH3 is 2. The number of halogens is 1. The van der Waals surface area contributed by atoms with Crippen LogP contribution in [0.1, 0.15) is 12.0 Å². The smallest absolute Gasteiger partial charge is 0.163 e. The van der Waals surface area contributed by atoms with Gasteiger partial charge in [0.25, 0.3) is 0 Å². The summed E-state index contributed by atoms with van der Waals surface area (Å²) in [6.07, 6.45) is 1.51. The summed E-state index contributed by atoms with van der Waals surface area (Å²) in [4.78, 5) is 0. The van der Waals surface area contributed by atoms with Crippen molar-refractivity contribution in [3.8, 4) is 11.5 Å². The van der Waals surface area contributed by atoms with Crippen LogP contribution in [0.25, 0.3) is 0 Å². The van der Waals surface area contributed by atoms with E-state index in [2.05, 4.69) is 12.6 Å². The Kier molecular flexibility index (Phi) is 4.75. The molecule has 0 saturated carbocycles. The van der Waals surface area contributed by atoms with E-state index in [0.29, 0.717) is 23.5 Å². The van der Waals surface area contributed by atoms with Crippen molar-refractivity contribution in [3.63, 3.8) is 0 Å². The SMILES string of the molecule is COc1cc(F)c(CCCS)cc1OC. The van der Waals surface area contributed by atoms with Crippen LogP contribution in [0, 0.1) is 5.82 Å².